The molecule has 0 spiro atoms. The van der Waals surface area contributed by atoms with Gasteiger partial charge in [0.15, 0.2) is 0 Å². The smallest absolute Gasteiger partial charge is 0.239 e. The SMILES string of the molecule is CC(C)(Br)C(=O)N1CCN(c2cccc(Cl)c2)CC1. The van der Waals surface area contributed by atoms with Gasteiger partial charge in [-0.3, -0.25) is 4.79 Å². The number of carbonyl (C=O) groups is 1. The Morgan fingerprint density at radius 3 is 2.42 bits per heavy atom. The van der Waals surface area contributed by atoms with Crippen LogP contribution in [-0.4, -0.2) is 41.3 Å². The fourth-order valence-electron chi connectivity index (χ4n) is 2.22. The van der Waals surface area contributed by atoms with E-state index in [1.807, 2.05) is 36.9 Å². The number of nitrogens with zero attached hydrogens (tertiary/aromatic N) is 2. The normalized spacial score (nSPS) is 16.6. The predicted molar refractivity (Wildman–Crippen MR) is 83.3 cm³/mol. The average Bonchev–Trinajstić information content (AvgIpc) is 2.37. The van der Waals surface area contributed by atoms with E-state index in [0.29, 0.717) is 0 Å². The third kappa shape index (κ3) is 3.63. The molecule has 0 radical (unpaired) electrons. The highest BCUT2D eigenvalue weighted by molar-refractivity contribution is 9.10. The topological polar surface area (TPSA) is 23.6 Å². The Morgan fingerprint density at radius 2 is 1.89 bits per heavy atom. The van der Waals surface area contributed by atoms with Crippen molar-refractivity contribution in [3.05, 3.63) is 29.3 Å². The lowest BCUT2D eigenvalue weighted by atomic mass is 10.1. The lowest BCUT2D eigenvalue weighted by Gasteiger charge is -2.38. The molecule has 0 N–H and O–H groups in total. The zero-order valence-electron chi connectivity index (χ0n) is 11.2. The van der Waals surface area contributed by atoms with Crippen LogP contribution in [0, 0.1) is 0 Å². The number of hydrogen-bond donors (Lipinski definition) is 0. The van der Waals surface area contributed by atoms with Gasteiger partial charge in [0.25, 0.3) is 0 Å². The molecule has 104 valence electrons. The number of amides is 1. The largest absolute Gasteiger partial charge is 0.368 e. The summed E-state index contributed by atoms with van der Waals surface area (Å²) in [6, 6.07) is 7.85. The summed E-state index contributed by atoms with van der Waals surface area (Å²) in [5, 5.41) is 0.748. The summed E-state index contributed by atoms with van der Waals surface area (Å²) in [5.74, 6) is 0.151. The van der Waals surface area contributed by atoms with Crippen LogP contribution in [0.1, 0.15) is 13.8 Å². The van der Waals surface area contributed by atoms with E-state index < -0.39 is 4.32 Å². The van der Waals surface area contributed by atoms with E-state index in [1.54, 1.807) is 0 Å². The van der Waals surface area contributed by atoms with E-state index in [4.69, 9.17) is 11.6 Å². The molecule has 5 heteroatoms. The average molecular weight is 346 g/mol. The molecule has 0 saturated carbocycles. The van der Waals surface area contributed by atoms with Gasteiger partial charge in [-0.05, 0) is 32.0 Å². The van der Waals surface area contributed by atoms with Gasteiger partial charge < -0.3 is 9.80 Å². The first-order valence-electron chi connectivity index (χ1n) is 6.37. The maximum atomic E-state index is 12.2. The van der Waals surface area contributed by atoms with E-state index in [-0.39, 0.29) is 5.91 Å². The second-order valence-corrected chi connectivity index (χ2v) is 7.65. The fourth-order valence-corrected chi connectivity index (χ4v) is 2.65. The third-order valence-electron chi connectivity index (χ3n) is 3.25. The molecule has 1 aromatic carbocycles. The van der Waals surface area contributed by atoms with E-state index in [2.05, 4.69) is 26.9 Å². The molecule has 1 aromatic rings. The Bertz CT molecular complexity index is 465. The van der Waals surface area contributed by atoms with Gasteiger partial charge in [-0.25, -0.2) is 0 Å². The number of halogens is 2. The van der Waals surface area contributed by atoms with Crippen molar-refractivity contribution in [2.45, 2.75) is 18.2 Å². The van der Waals surface area contributed by atoms with E-state index in [1.165, 1.54) is 0 Å². The Kier molecular flexibility index (Phi) is 4.41. The van der Waals surface area contributed by atoms with Gasteiger partial charge in [0.05, 0.1) is 4.32 Å². The van der Waals surface area contributed by atoms with Crippen molar-refractivity contribution in [1.29, 1.82) is 0 Å². The molecule has 1 heterocycles. The first-order chi connectivity index (χ1) is 8.88. The molecule has 0 aliphatic carbocycles. The second kappa shape index (κ2) is 5.71. The van der Waals surface area contributed by atoms with Crippen LogP contribution in [0.5, 0.6) is 0 Å². The molecule has 0 aromatic heterocycles. The number of hydrogen-bond acceptors (Lipinski definition) is 2. The Labute approximate surface area is 127 Å². The maximum absolute atomic E-state index is 12.2. The summed E-state index contributed by atoms with van der Waals surface area (Å²) in [6.45, 7) is 6.96. The van der Waals surface area contributed by atoms with E-state index >= 15 is 0 Å². The summed E-state index contributed by atoms with van der Waals surface area (Å²) < 4.78 is -0.481. The van der Waals surface area contributed by atoms with Gasteiger partial charge in [0.1, 0.15) is 0 Å². The maximum Gasteiger partial charge on any atom is 0.239 e. The third-order valence-corrected chi connectivity index (χ3v) is 3.82. The standard InChI is InChI=1S/C14H18BrClN2O/c1-14(2,15)13(19)18-8-6-17(7-9-18)12-5-3-4-11(16)10-12/h3-5,10H,6-9H2,1-2H3. The molecular formula is C14H18BrClN2O. The molecule has 0 unspecified atom stereocenters. The summed E-state index contributed by atoms with van der Waals surface area (Å²) in [4.78, 5) is 16.3. The molecule has 1 aliphatic heterocycles. The van der Waals surface area contributed by atoms with Crippen LogP contribution in [0.15, 0.2) is 24.3 Å². The first-order valence-corrected chi connectivity index (χ1v) is 7.54. The molecule has 1 saturated heterocycles. The van der Waals surface area contributed by atoms with Crippen molar-refractivity contribution in [3.8, 4) is 0 Å². The number of alkyl halides is 1. The highest BCUT2D eigenvalue weighted by atomic mass is 79.9. The predicted octanol–water partition coefficient (Wildman–Crippen LogP) is 3.16. The molecule has 3 nitrogen and oxygen atoms in total. The van der Waals surface area contributed by atoms with Crippen molar-refractivity contribution >= 4 is 39.1 Å². The van der Waals surface area contributed by atoms with Crippen LogP contribution in [0.2, 0.25) is 5.02 Å². The highest BCUT2D eigenvalue weighted by Gasteiger charge is 2.31. The van der Waals surface area contributed by atoms with Crippen molar-refractivity contribution in [2.24, 2.45) is 0 Å². The molecule has 0 bridgehead atoms. The summed E-state index contributed by atoms with van der Waals surface area (Å²) in [6.07, 6.45) is 0. The lowest BCUT2D eigenvalue weighted by Crippen LogP contribution is -2.52. The molecule has 19 heavy (non-hydrogen) atoms. The number of carbonyl (C=O) groups excluding carboxylic acids is 1. The number of anilines is 1. The lowest BCUT2D eigenvalue weighted by molar-refractivity contribution is -0.133. The van der Waals surface area contributed by atoms with Crippen molar-refractivity contribution in [2.75, 3.05) is 31.1 Å². The van der Waals surface area contributed by atoms with Gasteiger partial charge in [-0.2, -0.15) is 0 Å². The molecule has 0 atom stereocenters. The molecule has 2 rings (SSSR count). The van der Waals surface area contributed by atoms with Crippen molar-refractivity contribution in [3.63, 3.8) is 0 Å². The van der Waals surface area contributed by atoms with Crippen molar-refractivity contribution < 1.29 is 4.79 Å². The molecular weight excluding hydrogens is 328 g/mol. The van der Waals surface area contributed by atoms with E-state index in [0.717, 1.165) is 36.9 Å². The Balaban J connectivity index is 1.98. The van der Waals surface area contributed by atoms with Crippen LogP contribution in [0.3, 0.4) is 0 Å². The highest BCUT2D eigenvalue weighted by Crippen LogP contribution is 2.23. The van der Waals surface area contributed by atoms with E-state index in [9.17, 15) is 4.79 Å². The van der Waals surface area contributed by atoms with Gasteiger partial charge in [0, 0.05) is 36.9 Å². The number of benzene rings is 1. The number of rotatable bonds is 2. The van der Waals surface area contributed by atoms with Crippen LogP contribution in [0.25, 0.3) is 0 Å². The first kappa shape index (κ1) is 14.7. The Morgan fingerprint density at radius 1 is 1.26 bits per heavy atom. The molecule has 1 fully saturated rings. The van der Waals surface area contributed by atoms with Crippen LogP contribution >= 0.6 is 27.5 Å². The van der Waals surface area contributed by atoms with Gasteiger partial charge in [-0.1, -0.05) is 33.6 Å². The van der Waals surface area contributed by atoms with Crippen LogP contribution in [-0.2, 0) is 4.79 Å². The summed E-state index contributed by atoms with van der Waals surface area (Å²) in [5.41, 5.74) is 1.12. The Hall–Kier alpha value is -0.740. The summed E-state index contributed by atoms with van der Waals surface area (Å²) in [7, 11) is 0. The zero-order valence-corrected chi connectivity index (χ0v) is 13.5. The summed E-state index contributed by atoms with van der Waals surface area (Å²) >= 11 is 9.43. The van der Waals surface area contributed by atoms with Crippen LogP contribution in [0.4, 0.5) is 5.69 Å². The van der Waals surface area contributed by atoms with Crippen LogP contribution < -0.4 is 4.90 Å². The van der Waals surface area contributed by atoms with Gasteiger partial charge in [0.2, 0.25) is 5.91 Å². The molecule has 1 aliphatic rings. The minimum absolute atomic E-state index is 0.151. The minimum atomic E-state index is -0.481. The quantitative estimate of drug-likeness (QED) is 0.769. The molecule has 1 amide bonds. The van der Waals surface area contributed by atoms with Crippen molar-refractivity contribution in [1.82, 2.24) is 4.90 Å². The number of piperazine rings is 1. The zero-order chi connectivity index (χ0) is 14.0. The fraction of sp³-hybridized carbons (Fsp3) is 0.500. The second-order valence-electron chi connectivity index (χ2n) is 5.23. The minimum Gasteiger partial charge on any atom is -0.368 e. The van der Waals surface area contributed by atoms with Gasteiger partial charge >= 0.3 is 0 Å². The monoisotopic (exact) mass is 344 g/mol. The van der Waals surface area contributed by atoms with Gasteiger partial charge in [-0.15, -0.1) is 0 Å².